The van der Waals surface area contributed by atoms with Crippen molar-refractivity contribution in [1.82, 2.24) is 9.38 Å². The Hall–Kier alpha value is -1.51. The Morgan fingerprint density at radius 3 is 3.06 bits per heavy atom. The number of hydrogen-bond acceptors (Lipinski definition) is 2. The van der Waals surface area contributed by atoms with E-state index in [9.17, 15) is 0 Å². The number of nitrogens with one attached hydrogen (secondary N) is 1. The standard InChI is InChI=1S/C13H17N3/c1-2-13(6-7-13)10-15-12-5-3-4-11-14-8-9-16(11)12/h3-5,8-9,15H,2,6-7,10H2,1H3. The number of rotatable bonds is 4. The first-order valence-electron chi connectivity index (χ1n) is 5.99. The molecule has 0 atom stereocenters. The zero-order valence-corrected chi connectivity index (χ0v) is 9.61. The molecule has 1 N–H and O–H groups in total. The fraction of sp³-hybridized carbons (Fsp3) is 0.462. The summed E-state index contributed by atoms with van der Waals surface area (Å²) in [7, 11) is 0. The van der Waals surface area contributed by atoms with Crippen LogP contribution in [0.4, 0.5) is 5.82 Å². The molecule has 84 valence electrons. The minimum atomic E-state index is 0.572. The summed E-state index contributed by atoms with van der Waals surface area (Å²) in [4.78, 5) is 4.28. The van der Waals surface area contributed by atoms with Crippen LogP contribution in [0.15, 0.2) is 30.6 Å². The highest BCUT2D eigenvalue weighted by Gasteiger charge is 2.40. The molecular weight excluding hydrogens is 198 g/mol. The van der Waals surface area contributed by atoms with Crippen LogP contribution in [-0.4, -0.2) is 15.9 Å². The predicted octanol–water partition coefficient (Wildman–Crippen LogP) is 2.94. The summed E-state index contributed by atoms with van der Waals surface area (Å²) in [6.07, 6.45) is 7.86. The van der Waals surface area contributed by atoms with Gasteiger partial charge in [0.2, 0.25) is 0 Å². The van der Waals surface area contributed by atoms with E-state index in [0.29, 0.717) is 5.41 Å². The molecule has 0 spiro atoms. The fourth-order valence-electron chi connectivity index (χ4n) is 2.20. The van der Waals surface area contributed by atoms with E-state index in [1.807, 2.05) is 18.5 Å². The number of fused-ring (bicyclic) bond motifs is 1. The molecule has 16 heavy (non-hydrogen) atoms. The van der Waals surface area contributed by atoms with Gasteiger partial charge in [0.25, 0.3) is 0 Å². The lowest BCUT2D eigenvalue weighted by molar-refractivity contribution is 0.520. The second kappa shape index (κ2) is 3.51. The van der Waals surface area contributed by atoms with E-state index in [0.717, 1.165) is 18.0 Å². The lowest BCUT2D eigenvalue weighted by Gasteiger charge is -2.15. The molecule has 1 aliphatic rings. The summed E-state index contributed by atoms with van der Waals surface area (Å²) in [6.45, 7) is 3.37. The molecule has 2 heterocycles. The summed E-state index contributed by atoms with van der Waals surface area (Å²) in [5, 5.41) is 3.55. The van der Waals surface area contributed by atoms with Crippen LogP contribution in [-0.2, 0) is 0 Å². The van der Waals surface area contributed by atoms with Crippen LogP contribution in [0, 0.1) is 5.41 Å². The first-order valence-corrected chi connectivity index (χ1v) is 5.99. The van der Waals surface area contributed by atoms with Gasteiger partial charge in [-0.3, -0.25) is 4.40 Å². The highest BCUT2D eigenvalue weighted by molar-refractivity contribution is 5.49. The monoisotopic (exact) mass is 215 g/mol. The Balaban J connectivity index is 1.81. The highest BCUT2D eigenvalue weighted by atomic mass is 15.1. The summed E-state index contributed by atoms with van der Waals surface area (Å²) in [6, 6.07) is 6.19. The molecule has 0 aromatic carbocycles. The zero-order chi connectivity index (χ0) is 11.0. The van der Waals surface area contributed by atoms with Gasteiger partial charge in [0.15, 0.2) is 0 Å². The van der Waals surface area contributed by atoms with Crippen molar-refractivity contribution in [3.8, 4) is 0 Å². The van der Waals surface area contributed by atoms with Crippen LogP contribution in [0.1, 0.15) is 26.2 Å². The van der Waals surface area contributed by atoms with E-state index in [1.165, 1.54) is 19.3 Å². The molecule has 1 aliphatic carbocycles. The van der Waals surface area contributed by atoms with E-state index >= 15 is 0 Å². The number of aromatic nitrogens is 2. The van der Waals surface area contributed by atoms with Gasteiger partial charge < -0.3 is 5.32 Å². The summed E-state index contributed by atoms with van der Waals surface area (Å²) in [5.74, 6) is 1.15. The third-order valence-electron chi connectivity index (χ3n) is 3.78. The van der Waals surface area contributed by atoms with Crippen LogP contribution in [0.5, 0.6) is 0 Å². The Bertz CT molecular complexity index is 497. The summed E-state index contributed by atoms with van der Waals surface area (Å²) < 4.78 is 2.10. The molecule has 0 saturated heterocycles. The third kappa shape index (κ3) is 1.56. The van der Waals surface area contributed by atoms with E-state index in [2.05, 4.69) is 33.8 Å². The molecular formula is C13H17N3. The van der Waals surface area contributed by atoms with Crippen molar-refractivity contribution in [2.75, 3.05) is 11.9 Å². The Labute approximate surface area is 95.5 Å². The van der Waals surface area contributed by atoms with E-state index in [-0.39, 0.29) is 0 Å². The Morgan fingerprint density at radius 2 is 2.31 bits per heavy atom. The summed E-state index contributed by atoms with van der Waals surface area (Å²) >= 11 is 0. The van der Waals surface area contributed by atoms with Crippen molar-refractivity contribution >= 4 is 11.5 Å². The van der Waals surface area contributed by atoms with Crippen molar-refractivity contribution in [2.24, 2.45) is 5.41 Å². The molecule has 1 saturated carbocycles. The maximum atomic E-state index is 4.28. The largest absolute Gasteiger partial charge is 0.371 e. The van der Waals surface area contributed by atoms with Crippen LogP contribution in [0.2, 0.25) is 0 Å². The molecule has 0 unspecified atom stereocenters. The topological polar surface area (TPSA) is 29.3 Å². The van der Waals surface area contributed by atoms with Gasteiger partial charge in [0.1, 0.15) is 11.5 Å². The van der Waals surface area contributed by atoms with Gasteiger partial charge in [-0.05, 0) is 36.8 Å². The average Bonchev–Trinajstić information content (AvgIpc) is 2.94. The van der Waals surface area contributed by atoms with E-state index in [4.69, 9.17) is 0 Å². The second-order valence-corrected chi connectivity index (χ2v) is 4.77. The van der Waals surface area contributed by atoms with Crippen molar-refractivity contribution in [2.45, 2.75) is 26.2 Å². The predicted molar refractivity (Wildman–Crippen MR) is 65.6 cm³/mol. The first-order chi connectivity index (χ1) is 7.83. The van der Waals surface area contributed by atoms with Crippen molar-refractivity contribution < 1.29 is 0 Å². The minimum Gasteiger partial charge on any atom is -0.371 e. The molecule has 0 radical (unpaired) electrons. The van der Waals surface area contributed by atoms with Gasteiger partial charge in [0, 0.05) is 18.9 Å². The van der Waals surface area contributed by atoms with Gasteiger partial charge in [-0.15, -0.1) is 0 Å². The minimum absolute atomic E-state index is 0.572. The van der Waals surface area contributed by atoms with Gasteiger partial charge in [-0.25, -0.2) is 4.98 Å². The maximum Gasteiger partial charge on any atom is 0.138 e. The lowest BCUT2D eigenvalue weighted by atomic mass is 10.0. The smallest absolute Gasteiger partial charge is 0.138 e. The maximum absolute atomic E-state index is 4.28. The normalized spacial score (nSPS) is 17.6. The molecule has 2 aromatic rings. The van der Waals surface area contributed by atoms with Gasteiger partial charge in [-0.2, -0.15) is 0 Å². The summed E-state index contributed by atoms with van der Waals surface area (Å²) in [5.41, 5.74) is 1.58. The quantitative estimate of drug-likeness (QED) is 0.849. The fourth-order valence-corrected chi connectivity index (χ4v) is 2.20. The zero-order valence-electron chi connectivity index (χ0n) is 9.61. The molecule has 1 fully saturated rings. The highest BCUT2D eigenvalue weighted by Crippen LogP contribution is 2.48. The number of anilines is 1. The lowest BCUT2D eigenvalue weighted by Crippen LogP contribution is -2.15. The van der Waals surface area contributed by atoms with Crippen molar-refractivity contribution in [3.63, 3.8) is 0 Å². The second-order valence-electron chi connectivity index (χ2n) is 4.77. The molecule has 0 aliphatic heterocycles. The number of hydrogen-bond donors (Lipinski definition) is 1. The number of nitrogens with zero attached hydrogens (tertiary/aromatic N) is 2. The molecule has 3 rings (SSSR count). The van der Waals surface area contributed by atoms with Crippen LogP contribution < -0.4 is 5.32 Å². The molecule has 3 heteroatoms. The molecule has 2 aromatic heterocycles. The van der Waals surface area contributed by atoms with Gasteiger partial charge in [0.05, 0.1) is 0 Å². The van der Waals surface area contributed by atoms with Crippen molar-refractivity contribution in [1.29, 1.82) is 0 Å². The third-order valence-corrected chi connectivity index (χ3v) is 3.78. The molecule has 0 amide bonds. The van der Waals surface area contributed by atoms with E-state index in [1.54, 1.807) is 0 Å². The van der Waals surface area contributed by atoms with Crippen molar-refractivity contribution in [3.05, 3.63) is 30.6 Å². The van der Waals surface area contributed by atoms with E-state index < -0.39 is 0 Å². The van der Waals surface area contributed by atoms with Crippen LogP contribution >= 0.6 is 0 Å². The first kappa shape index (κ1) is 9.70. The van der Waals surface area contributed by atoms with Crippen LogP contribution in [0.3, 0.4) is 0 Å². The Kier molecular flexibility index (Phi) is 2.13. The number of pyridine rings is 1. The number of imidazole rings is 1. The molecule has 3 nitrogen and oxygen atoms in total. The Morgan fingerprint density at radius 1 is 1.44 bits per heavy atom. The van der Waals surface area contributed by atoms with Crippen LogP contribution in [0.25, 0.3) is 5.65 Å². The SMILES string of the molecule is CCC1(CNc2cccc3nccn23)CC1. The van der Waals surface area contributed by atoms with Gasteiger partial charge in [-0.1, -0.05) is 13.0 Å². The average molecular weight is 215 g/mol. The molecule has 0 bridgehead atoms. The van der Waals surface area contributed by atoms with Gasteiger partial charge >= 0.3 is 0 Å².